The van der Waals surface area contributed by atoms with Gasteiger partial charge in [-0.3, -0.25) is 0 Å². The summed E-state index contributed by atoms with van der Waals surface area (Å²) in [4.78, 5) is 0. The first-order valence-corrected chi connectivity index (χ1v) is 9.56. The van der Waals surface area contributed by atoms with Gasteiger partial charge in [0.25, 0.3) is 0 Å². The molecule has 0 N–H and O–H groups in total. The first kappa shape index (κ1) is 23.9. The molecule has 0 aromatic carbocycles. The van der Waals surface area contributed by atoms with E-state index in [2.05, 4.69) is 13.5 Å². The maximum atomic E-state index is 10.8. The minimum Gasteiger partial charge on any atom is -0.747 e. The van der Waals surface area contributed by atoms with Gasteiger partial charge in [0.1, 0.15) is 10.1 Å². The molecule has 0 rings (SSSR count). The second-order valence-electron chi connectivity index (χ2n) is 5.59. The summed E-state index contributed by atoms with van der Waals surface area (Å²) in [5, 5.41) is -0.902. The summed E-state index contributed by atoms with van der Waals surface area (Å²) >= 11 is 0. The predicted octanol–water partition coefficient (Wildman–Crippen LogP) is 1.79. The Morgan fingerprint density at radius 1 is 0.905 bits per heavy atom. The van der Waals surface area contributed by atoms with Crippen LogP contribution in [0.1, 0.15) is 84.0 Å². The van der Waals surface area contributed by atoms with E-state index in [4.69, 9.17) is 0 Å². The van der Waals surface area contributed by atoms with Crippen LogP contribution in [0, 0.1) is 0 Å². The summed E-state index contributed by atoms with van der Waals surface area (Å²) in [7, 11) is -4.20. The predicted molar refractivity (Wildman–Crippen MR) is 84.8 cm³/mol. The van der Waals surface area contributed by atoms with Crippen molar-refractivity contribution in [2.24, 2.45) is 0 Å². The van der Waals surface area contributed by atoms with Crippen LogP contribution in [0.3, 0.4) is 0 Å². The number of hydrogen-bond donors (Lipinski definition) is 0. The summed E-state index contributed by atoms with van der Waals surface area (Å²) in [5.41, 5.74) is 0. The molecule has 0 aliphatic rings. The molecule has 0 heterocycles. The van der Waals surface area contributed by atoms with Crippen molar-refractivity contribution in [1.82, 2.24) is 0 Å². The fourth-order valence-electron chi connectivity index (χ4n) is 2.39. The molecule has 120 valence electrons. The quantitative estimate of drug-likeness (QED) is 0.212. The SMILES string of the molecule is C=CC(CCCCCCCCCCCCC)S(=O)(=O)[O-].[Na+]. The summed E-state index contributed by atoms with van der Waals surface area (Å²) in [6, 6.07) is 0. The van der Waals surface area contributed by atoms with E-state index in [1.165, 1.54) is 57.4 Å². The van der Waals surface area contributed by atoms with Crippen LogP contribution in [0.15, 0.2) is 12.7 Å². The van der Waals surface area contributed by atoms with Crippen LogP contribution in [0.4, 0.5) is 0 Å². The summed E-state index contributed by atoms with van der Waals surface area (Å²) in [6.45, 7) is 5.65. The zero-order valence-corrected chi connectivity index (χ0v) is 16.8. The monoisotopic (exact) mass is 326 g/mol. The summed E-state index contributed by atoms with van der Waals surface area (Å²) in [6.07, 6.45) is 15.2. The van der Waals surface area contributed by atoms with E-state index in [0.717, 1.165) is 19.3 Å². The van der Waals surface area contributed by atoms with E-state index in [-0.39, 0.29) is 29.6 Å². The first-order valence-electron chi connectivity index (χ1n) is 8.09. The van der Waals surface area contributed by atoms with Crippen LogP contribution >= 0.6 is 0 Å². The summed E-state index contributed by atoms with van der Waals surface area (Å²) in [5.74, 6) is 0. The van der Waals surface area contributed by atoms with Crippen LogP contribution in [0.5, 0.6) is 0 Å². The minimum absolute atomic E-state index is 0. The molecule has 0 bridgehead atoms. The molecule has 1 unspecified atom stereocenters. The average Bonchev–Trinajstić information content (AvgIpc) is 2.38. The second-order valence-corrected chi connectivity index (χ2v) is 7.18. The molecule has 0 amide bonds. The third-order valence-electron chi connectivity index (χ3n) is 3.73. The maximum Gasteiger partial charge on any atom is 1.00 e. The van der Waals surface area contributed by atoms with Crippen molar-refractivity contribution in [2.75, 3.05) is 0 Å². The average molecular weight is 326 g/mol. The third-order valence-corrected chi connectivity index (χ3v) is 4.90. The van der Waals surface area contributed by atoms with Gasteiger partial charge in [-0.2, -0.15) is 0 Å². The zero-order chi connectivity index (χ0) is 15.3. The van der Waals surface area contributed by atoms with Gasteiger partial charge >= 0.3 is 29.6 Å². The van der Waals surface area contributed by atoms with Gasteiger partial charge in [-0.25, -0.2) is 8.42 Å². The molecule has 1 atom stereocenters. The largest absolute Gasteiger partial charge is 1.00 e. The Morgan fingerprint density at radius 3 is 1.62 bits per heavy atom. The first-order chi connectivity index (χ1) is 9.52. The smallest absolute Gasteiger partial charge is 0.747 e. The molecule has 5 heteroatoms. The van der Waals surface area contributed by atoms with Crippen molar-refractivity contribution in [3.63, 3.8) is 0 Å². The van der Waals surface area contributed by atoms with Crippen LogP contribution in [-0.2, 0) is 10.1 Å². The van der Waals surface area contributed by atoms with Crippen molar-refractivity contribution < 1.29 is 42.5 Å². The van der Waals surface area contributed by atoms with Crippen LogP contribution in [0.2, 0.25) is 0 Å². The molecule has 0 radical (unpaired) electrons. The molecule has 0 saturated carbocycles. The standard InChI is InChI=1S/C16H32O3S.Na/c1-3-5-6-7-8-9-10-11-12-13-14-15-16(4-2)20(17,18)19;/h4,16H,2-3,5-15H2,1H3,(H,17,18,19);/q;+1/p-1. The normalized spacial score (nSPS) is 12.7. The van der Waals surface area contributed by atoms with E-state index < -0.39 is 15.4 Å². The fourth-order valence-corrected chi connectivity index (χ4v) is 3.08. The molecular weight excluding hydrogens is 295 g/mol. The Labute approximate surface area is 154 Å². The number of rotatable bonds is 14. The van der Waals surface area contributed by atoms with Crippen molar-refractivity contribution in [3.05, 3.63) is 12.7 Å². The minimum atomic E-state index is -4.20. The number of hydrogen-bond acceptors (Lipinski definition) is 3. The van der Waals surface area contributed by atoms with Crippen molar-refractivity contribution >= 4 is 10.1 Å². The van der Waals surface area contributed by atoms with E-state index >= 15 is 0 Å². The van der Waals surface area contributed by atoms with E-state index in [9.17, 15) is 13.0 Å². The Balaban J connectivity index is 0. The Hall–Kier alpha value is 0.650. The molecule has 0 aromatic rings. The van der Waals surface area contributed by atoms with Gasteiger partial charge < -0.3 is 4.55 Å². The molecule has 3 nitrogen and oxygen atoms in total. The molecular formula is C16H31NaO3S. The molecule has 0 aliphatic heterocycles. The fraction of sp³-hybridized carbons (Fsp3) is 0.875. The molecule has 0 spiro atoms. The van der Waals surface area contributed by atoms with Crippen molar-refractivity contribution in [2.45, 2.75) is 89.2 Å². The van der Waals surface area contributed by atoms with E-state index in [1.54, 1.807) is 0 Å². The van der Waals surface area contributed by atoms with Crippen LogP contribution in [-0.4, -0.2) is 18.2 Å². The Kier molecular flexibility index (Phi) is 17.7. The van der Waals surface area contributed by atoms with Gasteiger partial charge in [0.05, 0.1) is 5.25 Å². The Bertz CT molecular complexity index is 328. The van der Waals surface area contributed by atoms with Crippen LogP contribution < -0.4 is 29.6 Å². The van der Waals surface area contributed by atoms with Crippen molar-refractivity contribution in [3.8, 4) is 0 Å². The third kappa shape index (κ3) is 15.3. The van der Waals surface area contributed by atoms with Gasteiger partial charge in [0.2, 0.25) is 0 Å². The molecule has 21 heavy (non-hydrogen) atoms. The summed E-state index contributed by atoms with van der Waals surface area (Å²) < 4.78 is 32.5. The molecule has 0 saturated heterocycles. The molecule has 0 aromatic heterocycles. The van der Waals surface area contributed by atoms with E-state index in [0.29, 0.717) is 6.42 Å². The maximum absolute atomic E-state index is 10.8. The Morgan fingerprint density at radius 2 is 1.29 bits per heavy atom. The van der Waals surface area contributed by atoms with Gasteiger partial charge in [-0.1, -0.05) is 83.6 Å². The van der Waals surface area contributed by atoms with Crippen LogP contribution in [0.25, 0.3) is 0 Å². The number of unbranched alkanes of at least 4 members (excludes halogenated alkanes) is 10. The van der Waals surface area contributed by atoms with Crippen molar-refractivity contribution in [1.29, 1.82) is 0 Å². The van der Waals surface area contributed by atoms with Gasteiger partial charge in [-0.05, 0) is 6.42 Å². The van der Waals surface area contributed by atoms with Gasteiger partial charge in [-0.15, -0.1) is 6.58 Å². The second kappa shape index (κ2) is 15.5. The van der Waals surface area contributed by atoms with Gasteiger partial charge in [0, 0.05) is 0 Å². The zero-order valence-electron chi connectivity index (χ0n) is 14.0. The van der Waals surface area contributed by atoms with Gasteiger partial charge in [0.15, 0.2) is 0 Å². The molecule has 0 aliphatic carbocycles. The van der Waals surface area contributed by atoms with E-state index in [1.807, 2.05) is 0 Å². The molecule has 0 fully saturated rings. The topological polar surface area (TPSA) is 57.2 Å².